The summed E-state index contributed by atoms with van der Waals surface area (Å²) in [5.41, 5.74) is 7.97. The van der Waals surface area contributed by atoms with E-state index in [-0.39, 0.29) is 0 Å². The van der Waals surface area contributed by atoms with E-state index >= 15 is 0 Å². The number of rotatable bonds is 7. The second kappa shape index (κ2) is 10.8. The Morgan fingerprint density at radius 3 is 1.76 bits per heavy atom. The first-order chi connectivity index (χ1) is 16.2. The maximum Gasteiger partial charge on any atom is 0.0462 e. The Morgan fingerprint density at radius 1 is 0.697 bits per heavy atom. The van der Waals surface area contributed by atoms with Crippen molar-refractivity contribution in [1.82, 2.24) is 0 Å². The summed E-state index contributed by atoms with van der Waals surface area (Å²) in [6.07, 6.45) is 8.03. The smallest absolute Gasteiger partial charge is 0.0462 e. The van der Waals surface area contributed by atoms with Gasteiger partial charge in [0.05, 0.1) is 0 Å². The van der Waals surface area contributed by atoms with Crippen LogP contribution in [-0.4, -0.2) is 0 Å². The second-order valence-electron chi connectivity index (χ2n) is 7.62. The van der Waals surface area contributed by atoms with Crippen LogP contribution in [-0.2, 0) is 0 Å². The zero-order valence-corrected chi connectivity index (χ0v) is 20.2. The Balaban J connectivity index is 1.73. The lowest BCUT2D eigenvalue weighted by molar-refractivity contribution is 1.28. The van der Waals surface area contributed by atoms with Gasteiger partial charge in [-0.25, -0.2) is 0 Å². The maximum atomic E-state index is 3.97. The molecule has 4 aromatic carbocycles. The van der Waals surface area contributed by atoms with Gasteiger partial charge in [-0.3, -0.25) is 0 Å². The molecule has 0 saturated carbocycles. The number of hydrogen-bond donors (Lipinski definition) is 0. The SMILES string of the molecule is C=C/C(=C\C=C/C)c1ccc(N(c2ccc(Br)cc2)c2ccc(-c3ccccc3)cc2)cc1. The molecule has 33 heavy (non-hydrogen) atoms. The normalized spacial score (nSPS) is 11.5. The number of halogens is 1. The molecule has 0 aromatic heterocycles. The number of anilines is 3. The van der Waals surface area contributed by atoms with Gasteiger partial charge in [0.1, 0.15) is 0 Å². The van der Waals surface area contributed by atoms with Crippen molar-refractivity contribution in [2.24, 2.45) is 0 Å². The summed E-state index contributed by atoms with van der Waals surface area (Å²) in [4.78, 5) is 2.27. The van der Waals surface area contributed by atoms with Crippen LogP contribution in [0.4, 0.5) is 17.1 Å². The molecular formula is C31H26BrN. The Bertz CT molecular complexity index is 1250. The quantitative estimate of drug-likeness (QED) is 0.232. The molecule has 0 aliphatic heterocycles. The second-order valence-corrected chi connectivity index (χ2v) is 8.54. The molecule has 0 aliphatic carbocycles. The van der Waals surface area contributed by atoms with Crippen LogP contribution in [0.2, 0.25) is 0 Å². The highest BCUT2D eigenvalue weighted by Gasteiger charge is 2.13. The maximum absolute atomic E-state index is 3.97. The lowest BCUT2D eigenvalue weighted by Crippen LogP contribution is -2.09. The molecule has 1 nitrogen and oxygen atoms in total. The fraction of sp³-hybridized carbons (Fsp3) is 0.0323. The molecule has 0 spiro atoms. The minimum Gasteiger partial charge on any atom is -0.311 e. The Kier molecular flexibility index (Phi) is 7.39. The van der Waals surface area contributed by atoms with Gasteiger partial charge in [0.15, 0.2) is 0 Å². The predicted molar refractivity (Wildman–Crippen MR) is 147 cm³/mol. The van der Waals surface area contributed by atoms with Crippen molar-refractivity contribution in [2.75, 3.05) is 4.90 Å². The van der Waals surface area contributed by atoms with E-state index in [0.717, 1.165) is 32.7 Å². The van der Waals surface area contributed by atoms with Crippen LogP contribution >= 0.6 is 15.9 Å². The molecule has 0 radical (unpaired) electrons. The molecule has 0 atom stereocenters. The highest BCUT2D eigenvalue weighted by molar-refractivity contribution is 9.10. The van der Waals surface area contributed by atoms with Gasteiger partial charge in [0, 0.05) is 21.5 Å². The van der Waals surface area contributed by atoms with E-state index in [0.29, 0.717) is 0 Å². The van der Waals surface area contributed by atoms with Crippen molar-refractivity contribution in [1.29, 1.82) is 0 Å². The lowest BCUT2D eigenvalue weighted by atomic mass is 10.0. The fourth-order valence-electron chi connectivity index (χ4n) is 3.76. The largest absolute Gasteiger partial charge is 0.311 e. The van der Waals surface area contributed by atoms with Gasteiger partial charge < -0.3 is 4.90 Å². The summed E-state index contributed by atoms with van der Waals surface area (Å²) in [7, 11) is 0. The lowest BCUT2D eigenvalue weighted by Gasteiger charge is -2.26. The molecule has 0 heterocycles. The van der Waals surface area contributed by atoms with Gasteiger partial charge in [-0.05, 0) is 77.7 Å². The van der Waals surface area contributed by atoms with Crippen molar-refractivity contribution >= 4 is 38.6 Å². The first-order valence-electron chi connectivity index (χ1n) is 11.0. The van der Waals surface area contributed by atoms with Gasteiger partial charge >= 0.3 is 0 Å². The minimum absolute atomic E-state index is 1.06. The van der Waals surface area contributed by atoms with Gasteiger partial charge in [-0.2, -0.15) is 0 Å². The van der Waals surface area contributed by atoms with E-state index in [4.69, 9.17) is 0 Å². The molecule has 0 N–H and O–H groups in total. The van der Waals surface area contributed by atoms with E-state index in [1.54, 1.807) is 0 Å². The zero-order chi connectivity index (χ0) is 23.0. The van der Waals surface area contributed by atoms with Gasteiger partial charge in [-0.1, -0.05) is 101 Å². The number of hydrogen-bond acceptors (Lipinski definition) is 1. The molecule has 2 heteroatoms. The summed E-state index contributed by atoms with van der Waals surface area (Å²) < 4.78 is 1.06. The molecule has 0 aliphatic rings. The average Bonchev–Trinajstić information content (AvgIpc) is 2.87. The third kappa shape index (κ3) is 5.42. The van der Waals surface area contributed by atoms with E-state index in [1.165, 1.54) is 11.1 Å². The van der Waals surface area contributed by atoms with E-state index in [1.807, 2.05) is 31.2 Å². The summed E-state index contributed by atoms with van der Waals surface area (Å²) in [5.74, 6) is 0. The van der Waals surface area contributed by atoms with Gasteiger partial charge in [-0.15, -0.1) is 0 Å². The van der Waals surface area contributed by atoms with Crippen molar-refractivity contribution in [2.45, 2.75) is 6.92 Å². The topological polar surface area (TPSA) is 3.24 Å². The molecule has 162 valence electrons. The third-order valence-corrected chi connectivity index (χ3v) is 5.99. The van der Waals surface area contributed by atoms with Crippen molar-refractivity contribution < 1.29 is 0 Å². The Labute approximate surface area is 205 Å². The van der Waals surface area contributed by atoms with E-state index < -0.39 is 0 Å². The van der Waals surface area contributed by atoms with Crippen LogP contribution in [0.25, 0.3) is 16.7 Å². The Morgan fingerprint density at radius 2 is 1.21 bits per heavy atom. The first kappa shape index (κ1) is 22.6. The Hall–Kier alpha value is -3.62. The average molecular weight is 492 g/mol. The summed E-state index contributed by atoms with van der Waals surface area (Å²) in [6, 6.07) is 36.2. The number of allylic oxidation sites excluding steroid dienone is 5. The number of nitrogens with zero attached hydrogens (tertiary/aromatic N) is 1. The minimum atomic E-state index is 1.06. The third-order valence-electron chi connectivity index (χ3n) is 5.46. The van der Waals surface area contributed by atoms with Crippen molar-refractivity contribution in [3.8, 4) is 11.1 Å². The van der Waals surface area contributed by atoms with E-state index in [9.17, 15) is 0 Å². The summed E-state index contributed by atoms with van der Waals surface area (Å²) >= 11 is 3.56. The predicted octanol–water partition coefficient (Wildman–Crippen LogP) is 9.73. The molecular weight excluding hydrogens is 466 g/mol. The summed E-state index contributed by atoms with van der Waals surface area (Å²) in [6.45, 7) is 5.98. The zero-order valence-electron chi connectivity index (χ0n) is 18.7. The van der Waals surface area contributed by atoms with Crippen molar-refractivity contribution in [3.05, 3.63) is 144 Å². The van der Waals surface area contributed by atoms with Crippen LogP contribution in [0.1, 0.15) is 12.5 Å². The molecule has 0 saturated heterocycles. The molecule has 0 amide bonds. The first-order valence-corrected chi connectivity index (χ1v) is 11.8. The molecule has 0 fully saturated rings. The van der Waals surface area contributed by atoms with Crippen LogP contribution in [0.5, 0.6) is 0 Å². The fourth-order valence-corrected chi connectivity index (χ4v) is 4.02. The molecule has 4 rings (SSSR count). The highest BCUT2D eigenvalue weighted by Crippen LogP contribution is 2.36. The highest BCUT2D eigenvalue weighted by atomic mass is 79.9. The van der Waals surface area contributed by atoms with Crippen molar-refractivity contribution in [3.63, 3.8) is 0 Å². The monoisotopic (exact) mass is 491 g/mol. The molecule has 4 aromatic rings. The summed E-state index contributed by atoms with van der Waals surface area (Å²) in [5, 5.41) is 0. The van der Waals surface area contributed by atoms with Gasteiger partial charge in [0.25, 0.3) is 0 Å². The molecule has 0 bridgehead atoms. The van der Waals surface area contributed by atoms with Gasteiger partial charge in [0.2, 0.25) is 0 Å². The molecule has 0 unspecified atom stereocenters. The van der Waals surface area contributed by atoms with Crippen LogP contribution < -0.4 is 4.90 Å². The standard InChI is InChI=1S/C31H26BrN/c1-3-5-9-24(4-2)26-12-18-29(19-13-26)33(31-22-16-28(32)17-23-31)30-20-14-27(15-21-30)25-10-7-6-8-11-25/h3-23H,2H2,1H3/b5-3-,24-9+. The van der Waals surface area contributed by atoms with Crippen LogP contribution in [0.3, 0.4) is 0 Å². The van der Waals surface area contributed by atoms with Crippen LogP contribution in [0, 0.1) is 0 Å². The van der Waals surface area contributed by atoms with E-state index in [2.05, 4.69) is 131 Å². The number of benzene rings is 4. The van der Waals surface area contributed by atoms with Crippen LogP contribution in [0.15, 0.2) is 138 Å².